The van der Waals surface area contributed by atoms with Crippen LogP contribution in [0, 0.1) is 17.2 Å². The van der Waals surface area contributed by atoms with Gasteiger partial charge in [-0.2, -0.15) is 5.26 Å². The number of rotatable bonds is 6. The van der Waals surface area contributed by atoms with Crippen LogP contribution in [0.25, 0.3) is 0 Å². The number of nitrogens with zero attached hydrogens (tertiary/aromatic N) is 1. The van der Waals surface area contributed by atoms with Crippen molar-refractivity contribution in [2.24, 2.45) is 5.92 Å². The smallest absolute Gasteiger partial charge is 0.243 e. The molecule has 0 amide bonds. The highest BCUT2D eigenvalue weighted by Gasteiger charge is 2.16. The lowest BCUT2D eigenvalue weighted by atomic mass is 10.1. The lowest BCUT2D eigenvalue weighted by Gasteiger charge is -2.17. The average Bonchev–Trinajstić information content (AvgIpc) is 2.14. The predicted octanol–water partition coefficient (Wildman–Crippen LogP) is 4.01. The molecule has 0 aromatic carbocycles. The fourth-order valence-electron chi connectivity index (χ4n) is 1.10. The molecule has 0 aliphatic heterocycles. The van der Waals surface area contributed by atoms with Crippen molar-refractivity contribution in [2.45, 2.75) is 33.0 Å². The Balaban J connectivity index is 4.39. The van der Waals surface area contributed by atoms with Gasteiger partial charge in [0.05, 0.1) is 0 Å². The van der Waals surface area contributed by atoms with Crippen molar-refractivity contribution in [3.05, 3.63) is 36.6 Å². The molecule has 0 spiro atoms. The second-order valence-electron chi connectivity index (χ2n) is 4.74. The van der Waals surface area contributed by atoms with Crippen LogP contribution in [-0.4, -0.2) is 8.32 Å². The van der Waals surface area contributed by atoms with E-state index < -0.39 is 8.32 Å². The highest BCUT2D eigenvalue weighted by molar-refractivity contribution is 6.70. The van der Waals surface area contributed by atoms with Crippen LogP contribution in [-0.2, 0) is 4.43 Å². The monoisotopic (exact) mass is 235 g/mol. The molecule has 0 saturated carbocycles. The molecule has 0 aromatic heterocycles. The third kappa shape index (κ3) is 8.07. The van der Waals surface area contributed by atoms with E-state index in [9.17, 15) is 0 Å². The normalized spacial score (nSPS) is 14.6. The van der Waals surface area contributed by atoms with Gasteiger partial charge in [-0.3, -0.25) is 0 Å². The third-order valence-corrected chi connectivity index (χ3v) is 2.58. The van der Waals surface area contributed by atoms with Crippen LogP contribution in [0.5, 0.6) is 0 Å². The zero-order chi connectivity index (χ0) is 12.6. The second kappa shape index (κ2) is 7.08. The van der Waals surface area contributed by atoms with Crippen molar-refractivity contribution in [3.8, 4) is 6.07 Å². The van der Waals surface area contributed by atoms with E-state index in [1.54, 1.807) is 6.08 Å². The van der Waals surface area contributed by atoms with Crippen LogP contribution in [0.2, 0.25) is 19.6 Å². The molecule has 0 radical (unpaired) electrons. The molecule has 0 aromatic rings. The molecular formula is C13H21NOSi. The van der Waals surface area contributed by atoms with Crippen LogP contribution in [0.3, 0.4) is 0 Å². The first-order chi connectivity index (χ1) is 7.39. The summed E-state index contributed by atoms with van der Waals surface area (Å²) in [6, 6.07) is 2.07. The molecule has 1 unspecified atom stereocenters. The van der Waals surface area contributed by atoms with E-state index in [4.69, 9.17) is 9.69 Å². The van der Waals surface area contributed by atoms with Crippen molar-refractivity contribution in [1.29, 1.82) is 5.26 Å². The maximum atomic E-state index is 8.89. The van der Waals surface area contributed by atoms with E-state index in [1.807, 2.05) is 18.2 Å². The van der Waals surface area contributed by atoms with Crippen molar-refractivity contribution in [3.63, 3.8) is 0 Å². The van der Waals surface area contributed by atoms with Crippen LogP contribution in [0.15, 0.2) is 36.6 Å². The molecule has 0 rings (SSSR count). The van der Waals surface area contributed by atoms with Gasteiger partial charge < -0.3 is 4.43 Å². The van der Waals surface area contributed by atoms with Crippen LogP contribution in [0.4, 0.5) is 0 Å². The molecule has 0 bridgehead atoms. The molecule has 16 heavy (non-hydrogen) atoms. The highest BCUT2D eigenvalue weighted by Crippen LogP contribution is 2.10. The van der Waals surface area contributed by atoms with Crippen LogP contribution in [0.1, 0.15) is 13.3 Å². The SMILES string of the molecule is C=CCC(C)/C=C/C=C(\C#N)O[Si](C)(C)C. The Morgan fingerprint density at radius 2 is 2.12 bits per heavy atom. The molecule has 3 heteroatoms. The summed E-state index contributed by atoms with van der Waals surface area (Å²) in [5.74, 6) is 0.849. The molecule has 0 aliphatic rings. The van der Waals surface area contributed by atoms with Gasteiger partial charge >= 0.3 is 0 Å². The number of hydrogen-bond acceptors (Lipinski definition) is 2. The first-order valence-corrected chi connectivity index (χ1v) is 8.88. The van der Waals surface area contributed by atoms with Gasteiger partial charge in [-0.25, -0.2) is 0 Å². The van der Waals surface area contributed by atoms with Crippen molar-refractivity contribution < 1.29 is 4.43 Å². The van der Waals surface area contributed by atoms with Crippen molar-refractivity contribution in [2.75, 3.05) is 0 Å². The summed E-state index contributed by atoms with van der Waals surface area (Å²) in [6.45, 7) is 12.0. The summed E-state index contributed by atoms with van der Waals surface area (Å²) in [5.41, 5.74) is 0. The molecule has 0 heterocycles. The first-order valence-electron chi connectivity index (χ1n) is 5.47. The molecule has 1 atom stereocenters. The number of hydrogen-bond donors (Lipinski definition) is 0. The van der Waals surface area contributed by atoms with E-state index >= 15 is 0 Å². The van der Waals surface area contributed by atoms with Crippen molar-refractivity contribution >= 4 is 8.32 Å². The lowest BCUT2D eigenvalue weighted by molar-refractivity contribution is 0.445. The van der Waals surface area contributed by atoms with E-state index in [-0.39, 0.29) is 0 Å². The first kappa shape index (κ1) is 14.7. The Kier molecular flexibility index (Phi) is 6.51. The quantitative estimate of drug-likeness (QED) is 0.229. The average molecular weight is 235 g/mol. The van der Waals surface area contributed by atoms with Gasteiger partial charge in [-0.15, -0.1) is 6.58 Å². The number of nitriles is 1. The van der Waals surface area contributed by atoms with Gasteiger partial charge in [0.15, 0.2) is 5.76 Å². The van der Waals surface area contributed by atoms with E-state index in [0.29, 0.717) is 11.7 Å². The highest BCUT2D eigenvalue weighted by atomic mass is 28.4. The summed E-state index contributed by atoms with van der Waals surface area (Å²) in [5, 5.41) is 8.89. The maximum absolute atomic E-state index is 8.89. The van der Waals surface area contributed by atoms with E-state index in [2.05, 4.69) is 39.2 Å². The van der Waals surface area contributed by atoms with Gasteiger partial charge in [0.2, 0.25) is 8.32 Å². The minimum atomic E-state index is -1.67. The van der Waals surface area contributed by atoms with E-state index in [1.165, 1.54) is 0 Å². The van der Waals surface area contributed by atoms with Gasteiger partial charge in [-0.05, 0) is 38.1 Å². The van der Waals surface area contributed by atoms with Gasteiger partial charge in [0, 0.05) is 0 Å². The van der Waals surface area contributed by atoms with Gasteiger partial charge in [0.25, 0.3) is 0 Å². The Morgan fingerprint density at radius 1 is 1.50 bits per heavy atom. The van der Waals surface area contributed by atoms with Crippen molar-refractivity contribution in [1.82, 2.24) is 0 Å². The molecule has 0 aliphatic carbocycles. The lowest BCUT2D eigenvalue weighted by Crippen LogP contribution is -2.24. The zero-order valence-electron chi connectivity index (χ0n) is 10.7. The fourth-order valence-corrected chi connectivity index (χ4v) is 1.87. The Labute approximate surface area is 100 Å². The molecule has 0 N–H and O–H groups in total. The molecule has 88 valence electrons. The standard InChI is InChI=1S/C13H21NOSi/c1-6-8-12(2)9-7-10-13(11-14)15-16(3,4)5/h6-7,9-10,12H,1,8H2,2-5H3/b9-7+,13-10+. The summed E-state index contributed by atoms with van der Waals surface area (Å²) in [4.78, 5) is 0. The largest absolute Gasteiger partial charge is 0.537 e. The van der Waals surface area contributed by atoms with E-state index in [0.717, 1.165) is 6.42 Å². The van der Waals surface area contributed by atoms with Gasteiger partial charge in [0.1, 0.15) is 6.07 Å². The summed E-state index contributed by atoms with van der Waals surface area (Å²) < 4.78 is 5.60. The predicted molar refractivity (Wildman–Crippen MR) is 71.2 cm³/mol. The zero-order valence-corrected chi connectivity index (χ0v) is 11.7. The van der Waals surface area contributed by atoms with Crippen LogP contribution >= 0.6 is 0 Å². The minimum Gasteiger partial charge on any atom is -0.537 e. The molecular weight excluding hydrogens is 214 g/mol. The number of allylic oxidation sites excluding steroid dienone is 5. The summed E-state index contributed by atoms with van der Waals surface area (Å²) in [7, 11) is -1.67. The second-order valence-corrected chi connectivity index (χ2v) is 9.17. The maximum Gasteiger partial charge on any atom is 0.243 e. The Bertz CT molecular complexity index is 318. The fraction of sp³-hybridized carbons (Fsp3) is 0.462. The Morgan fingerprint density at radius 3 is 2.56 bits per heavy atom. The molecule has 0 saturated heterocycles. The Hall–Kier alpha value is -1.27. The van der Waals surface area contributed by atoms with Crippen LogP contribution < -0.4 is 0 Å². The third-order valence-electron chi connectivity index (χ3n) is 1.75. The summed E-state index contributed by atoms with van der Waals surface area (Å²) >= 11 is 0. The van der Waals surface area contributed by atoms with Gasteiger partial charge in [-0.1, -0.05) is 25.2 Å². The summed E-state index contributed by atoms with van der Waals surface area (Å²) in [6.07, 6.45) is 8.50. The molecule has 2 nitrogen and oxygen atoms in total. The topological polar surface area (TPSA) is 33.0 Å². The molecule has 0 fully saturated rings. The minimum absolute atomic E-state index is 0.404.